The Balaban J connectivity index is 2.36. The lowest BCUT2D eigenvalue weighted by molar-refractivity contribution is 0.0497. The fourth-order valence-corrected chi connectivity index (χ4v) is 11.1. The summed E-state index contributed by atoms with van der Waals surface area (Å²) in [5.41, 5.74) is -3.03. The van der Waals surface area contributed by atoms with E-state index in [0.29, 0.717) is 0 Å². The Kier molecular flexibility index (Phi) is 7.75. The summed E-state index contributed by atoms with van der Waals surface area (Å²) in [5.74, 6) is -1.15. The van der Waals surface area contributed by atoms with E-state index >= 15 is 0 Å². The summed E-state index contributed by atoms with van der Waals surface area (Å²) < 4.78 is 105. The van der Waals surface area contributed by atoms with Crippen molar-refractivity contribution in [1.82, 2.24) is 0 Å². The zero-order valence-corrected chi connectivity index (χ0v) is 20.9. The van der Waals surface area contributed by atoms with Crippen LogP contribution in [0.5, 0.6) is 0 Å². The molecule has 2 fully saturated rings. The zero-order valence-electron chi connectivity index (χ0n) is 17.4. The third kappa shape index (κ3) is 6.12. The van der Waals surface area contributed by atoms with Crippen molar-refractivity contribution in [2.45, 2.75) is 51.2 Å². The summed E-state index contributed by atoms with van der Waals surface area (Å²) in [5, 5.41) is -1.50. The molecule has 16 heteroatoms. The fourth-order valence-electron chi connectivity index (χ4n) is 3.02. The van der Waals surface area contributed by atoms with Crippen molar-refractivity contribution in [1.29, 1.82) is 0 Å². The molecule has 178 valence electrons. The van der Waals surface area contributed by atoms with Crippen LogP contribution in [0.1, 0.15) is 34.6 Å². The van der Waals surface area contributed by atoms with E-state index < -0.39 is 76.7 Å². The Bertz CT molecular complexity index is 872. The summed E-state index contributed by atoms with van der Waals surface area (Å²) in [4.78, 5) is 0. The summed E-state index contributed by atoms with van der Waals surface area (Å²) >= 11 is 0. The van der Waals surface area contributed by atoms with Gasteiger partial charge in [-0.25, -0.2) is 0 Å². The van der Waals surface area contributed by atoms with Gasteiger partial charge in [0.15, 0.2) is 5.40 Å². The summed E-state index contributed by atoms with van der Waals surface area (Å²) in [6, 6.07) is 0. The second kappa shape index (κ2) is 8.81. The standard InChI is InChI=1S/C14H28O12P2S2/c1-6-21-27(15,25-13(4)8-23-29(17,18)10-13)12(3)28(16,22-7-2)26-14(5)9-24-30(19,20)11-14/h12H,6-11H2,1-5H3. The first kappa shape index (κ1) is 26.4. The van der Waals surface area contributed by atoms with Gasteiger partial charge in [-0.05, 0) is 34.6 Å². The Labute approximate surface area is 177 Å². The van der Waals surface area contributed by atoms with E-state index in [1.165, 1.54) is 34.6 Å². The molecule has 0 bridgehead atoms. The molecule has 2 aliphatic heterocycles. The lowest BCUT2D eigenvalue weighted by Crippen LogP contribution is -2.36. The van der Waals surface area contributed by atoms with Crippen molar-refractivity contribution in [3.63, 3.8) is 0 Å². The van der Waals surface area contributed by atoms with Gasteiger partial charge in [0.1, 0.15) is 22.7 Å². The minimum Gasteiger partial charge on any atom is -0.308 e. The van der Waals surface area contributed by atoms with Gasteiger partial charge in [0.05, 0.1) is 26.4 Å². The summed E-state index contributed by atoms with van der Waals surface area (Å²) in [6.07, 6.45) is 0. The van der Waals surface area contributed by atoms with Crippen molar-refractivity contribution in [2.75, 3.05) is 37.9 Å². The van der Waals surface area contributed by atoms with E-state index in [4.69, 9.17) is 26.5 Å². The van der Waals surface area contributed by atoms with Gasteiger partial charge in [-0.1, -0.05) is 0 Å². The van der Waals surface area contributed by atoms with E-state index in [0.717, 1.165) is 0 Å². The van der Waals surface area contributed by atoms with Crippen LogP contribution in [0.25, 0.3) is 0 Å². The highest BCUT2D eigenvalue weighted by molar-refractivity contribution is 7.87. The van der Waals surface area contributed by atoms with Gasteiger partial charge in [0, 0.05) is 0 Å². The van der Waals surface area contributed by atoms with Gasteiger partial charge in [-0.2, -0.15) is 16.8 Å². The molecule has 0 spiro atoms. The monoisotopic (exact) mass is 514 g/mol. The second-order valence-electron chi connectivity index (χ2n) is 7.56. The quantitative estimate of drug-likeness (QED) is 0.309. The van der Waals surface area contributed by atoms with Crippen molar-refractivity contribution in [3.05, 3.63) is 0 Å². The maximum Gasteiger partial charge on any atom is 0.346 e. The largest absolute Gasteiger partial charge is 0.346 e. The molecule has 0 aliphatic carbocycles. The highest BCUT2D eigenvalue weighted by Crippen LogP contribution is 2.72. The predicted molar refractivity (Wildman–Crippen MR) is 106 cm³/mol. The minimum absolute atomic E-state index is 0.105. The molecular weight excluding hydrogens is 486 g/mol. The predicted octanol–water partition coefficient (Wildman–Crippen LogP) is 2.06. The highest BCUT2D eigenvalue weighted by Gasteiger charge is 2.56. The molecule has 0 aromatic heterocycles. The zero-order chi connectivity index (χ0) is 23.1. The van der Waals surface area contributed by atoms with Crippen molar-refractivity contribution >= 4 is 35.4 Å². The van der Waals surface area contributed by atoms with E-state index in [1.807, 2.05) is 0 Å². The van der Waals surface area contributed by atoms with Gasteiger partial charge in [0.25, 0.3) is 20.2 Å². The molecule has 0 N–H and O–H groups in total. The molecule has 30 heavy (non-hydrogen) atoms. The molecule has 2 rings (SSSR count). The molecule has 0 radical (unpaired) electrons. The third-order valence-electron chi connectivity index (χ3n) is 4.28. The molecule has 0 amide bonds. The third-order valence-corrected chi connectivity index (χ3v) is 13.3. The van der Waals surface area contributed by atoms with Gasteiger partial charge in [-0.3, -0.25) is 26.5 Å². The van der Waals surface area contributed by atoms with Crippen LogP contribution in [0.2, 0.25) is 0 Å². The highest BCUT2D eigenvalue weighted by atomic mass is 32.2. The molecular formula is C14H28O12P2S2. The average molecular weight is 514 g/mol. The molecule has 0 aromatic rings. The molecule has 2 saturated heterocycles. The smallest absolute Gasteiger partial charge is 0.308 e. The molecule has 0 saturated carbocycles. The average Bonchev–Trinajstić information content (AvgIpc) is 3.00. The Morgan fingerprint density at radius 2 is 1.17 bits per heavy atom. The van der Waals surface area contributed by atoms with Crippen molar-refractivity contribution in [2.24, 2.45) is 0 Å². The maximum atomic E-state index is 13.6. The summed E-state index contributed by atoms with van der Waals surface area (Å²) in [6.45, 7) is 6.05. The number of rotatable bonds is 10. The number of hydrogen-bond donors (Lipinski definition) is 0. The first-order chi connectivity index (χ1) is 13.5. The van der Waals surface area contributed by atoms with Crippen LogP contribution in [0, 0.1) is 0 Å². The molecule has 2 heterocycles. The van der Waals surface area contributed by atoms with E-state index in [-0.39, 0.29) is 13.2 Å². The second-order valence-corrected chi connectivity index (χ2v) is 15.8. The van der Waals surface area contributed by atoms with Crippen LogP contribution in [0.15, 0.2) is 0 Å². The fraction of sp³-hybridized carbons (Fsp3) is 1.00. The molecule has 4 unspecified atom stereocenters. The number of hydrogen-bond acceptors (Lipinski definition) is 12. The van der Waals surface area contributed by atoms with Gasteiger partial charge in [-0.15, -0.1) is 0 Å². The van der Waals surface area contributed by atoms with Crippen LogP contribution in [-0.4, -0.2) is 71.4 Å². The minimum atomic E-state index is -4.30. The molecule has 2 aliphatic rings. The van der Waals surface area contributed by atoms with E-state index in [9.17, 15) is 26.0 Å². The summed E-state index contributed by atoms with van der Waals surface area (Å²) in [7, 11) is -16.3. The Morgan fingerprint density at radius 1 is 0.833 bits per heavy atom. The Hall–Kier alpha value is 0.120. The maximum absolute atomic E-state index is 13.6. The van der Waals surface area contributed by atoms with Gasteiger partial charge >= 0.3 is 15.2 Å². The molecule has 4 atom stereocenters. The lowest BCUT2D eigenvalue weighted by atomic mass is 10.2. The van der Waals surface area contributed by atoms with Gasteiger partial charge in [0.2, 0.25) is 0 Å². The van der Waals surface area contributed by atoms with Crippen LogP contribution < -0.4 is 0 Å². The lowest BCUT2D eigenvalue weighted by Gasteiger charge is -2.36. The SMILES string of the molecule is CCOP(=O)(OC1(C)COS(=O)(=O)C1)C(C)P(=O)(OCC)OC1(C)COS(=O)(=O)C1. The van der Waals surface area contributed by atoms with Crippen LogP contribution in [-0.2, 0) is 55.8 Å². The topological polar surface area (TPSA) is 158 Å². The van der Waals surface area contributed by atoms with Crippen molar-refractivity contribution in [3.8, 4) is 0 Å². The van der Waals surface area contributed by atoms with Crippen LogP contribution in [0.3, 0.4) is 0 Å². The normalized spacial score (nSPS) is 35.5. The van der Waals surface area contributed by atoms with Crippen molar-refractivity contribution < 1.29 is 52.4 Å². The first-order valence-corrected chi connectivity index (χ1v) is 15.5. The van der Waals surface area contributed by atoms with Crippen LogP contribution >= 0.6 is 15.2 Å². The molecule has 12 nitrogen and oxygen atoms in total. The van der Waals surface area contributed by atoms with Gasteiger partial charge < -0.3 is 9.05 Å². The van der Waals surface area contributed by atoms with E-state index in [1.54, 1.807) is 0 Å². The molecule has 0 aromatic carbocycles. The van der Waals surface area contributed by atoms with E-state index in [2.05, 4.69) is 0 Å². The first-order valence-electron chi connectivity index (χ1n) is 9.16. The van der Waals surface area contributed by atoms with Crippen LogP contribution in [0.4, 0.5) is 0 Å². The Morgan fingerprint density at radius 3 is 1.40 bits per heavy atom.